The molecule has 0 spiro atoms. The Bertz CT molecular complexity index is 1250. The third-order valence-electron chi connectivity index (χ3n) is 6.89. The van der Waals surface area contributed by atoms with E-state index < -0.39 is 57.5 Å². The van der Waals surface area contributed by atoms with Crippen LogP contribution in [0.1, 0.15) is 24.8 Å². The topological polar surface area (TPSA) is 69.7 Å². The molecule has 0 unspecified atom stereocenters. The number of urea groups is 1. The molecule has 3 aliphatic rings. The van der Waals surface area contributed by atoms with Gasteiger partial charge in [-0.25, -0.2) is 35.5 Å². The smallest absolute Gasteiger partial charge is 0.320 e. The largest absolute Gasteiger partial charge is 0.325 e. The standard InChI is InChI=1S/C24H25F4N3O3S/c25-17-6-1-4-15(12-17)19-7-2-5-16(21(19)26)13-20-22(29-35(33,34)18-8-9-18)24(27,28)14-31(20)23(32)30-10-3-11-30/h1-2,4-7,12,18,20,22,29H,3,8-11,13-14H2/t20-,22+/m0/s1. The van der Waals surface area contributed by atoms with E-state index in [2.05, 4.69) is 4.72 Å². The number of carbonyl (C=O) groups excluding carboxylic acids is 1. The van der Waals surface area contributed by atoms with Crippen molar-refractivity contribution in [3.05, 3.63) is 59.7 Å². The van der Waals surface area contributed by atoms with E-state index in [0.29, 0.717) is 25.9 Å². The fourth-order valence-corrected chi connectivity index (χ4v) is 6.32. The second-order valence-electron chi connectivity index (χ2n) is 9.41. The summed E-state index contributed by atoms with van der Waals surface area (Å²) in [6.45, 7) is -0.110. The van der Waals surface area contributed by atoms with Crippen LogP contribution in [0.25, 0.3) is 11.1 Å². The molecule has 188 valence electrons. The van der Waals surface area contributed by atoms with Gasteiger partial charge < -0.3 is 9.80 Å². The summed E-state index contributed by atoms with van der Waals surface area (Å²) < 4.78 is 86.9. The van der Waals surface area contributed by atoms with E-state index in [1.807, 2.05) is 0 Å². The molecular weight excluding hydrogens is 486 g/mol. The second-order valence-corrected chi connectivity index (χ2v) is 11.4. The van der Waals surface area contributed by atoms with Gasteiger partial charge in [0.2, 0.25) is 10.0 Å². The molecule has 2 aromatic carbocycles. The molecule has 0 radical (unpaired) electrons. The summed E-state index contributed by atoms with van der Waals surface area (Å²) in [5.74, 6) is -4.82. The van der Waals surface area contributed by atoms with E-state index in [0.717, 1.165) is 17.4 Å². The van der Waals surface area contributed by atoms with Crippen molar-refractivity contribution < 1.29 is 30.8 Å². The maximum atomic E-state index is 15.5. The van der Waals surface area contributed by atoms with Crippen LogP contribution in [0.4, 0.5) is 22.4 Å². The number of nitrogens with zero attached hydrogens (tertiary/aromatic N) is 2. The van der Waals surface area contributed by atoms with Crippen LogP contribution < -0.4 is 4.72 Å². The molecule has 2 aliphatic heterocycles. The minimum Gasteiger partial charge on any atom is -0.325 e. The lowest BCUT2D eigenvalue weighted by molar-refractivity contribution is -0.00562. The first-order chi connectivity index (χ1) is 16.6. The molecule has 2 saturated heterocycles. The third-order valence-corrected chi connectivity index (χ3v) is 8.82. The van der Waals surface area contributed by atoms with E-state index in [-0.39, 0.29) is 23.1 Å². The first kappa shape index (κ1) is 24.1. The average molecular weight is 512 g/mol. The van der Waals surface area contributed by atoms with Gasteiger partial charge in [0, 0.05) is 18.7 Å². The van der Waals surface area contributed by atoms with Gasteiger partial charge in [-0.05, 0) is 48.9 Å². The zero-order valence-electron chi connectivity index (χ0n) is 18.8. The van der Waals surface area contributed by atoms with Gasteiger partial charge in [0.25, 0.3) is 5.92 Å². The summed E-state index contributed by atoms with van der Waals surface area (Å²) in [5, 5.41) is -0.730. The number of carbonyl (C=O) groups is 1. The average Bonchev–Trinajstić information content (AvgIpc) is 3.58. The monoisotopic (exact) mass is 511 g/mol. The number of nitrogens with one attached hydrogen (secondary N) is 1. The van der Waals surface area contributed by atoms with Gasteiger partial charge in [-0.3, -0.25) is 0 Å². The summed E-state index contributed by atoms with van der Waals surface area (Å²) >= 11 is 0. The van der Waals surface area contributed by atoms with Crippen molar-refractivity contribution in [2.75, 3.05) is 19.6 Å². The van der Waals surface area contributed by atoms with Crippen molar-refractivity contribution in [2.45, 2.75) is 48.9 Å². The summed E-state index contributed by atoms with van der Waals surface area (Å²) in [6.07, 6.45) is 1.20. The van der Waals surface area contributed by atoms with E-state index in [1.54, 1.807) is 0 Å². The zero-order valence-corrected chi connectivity index (χ0v) is 19.6. The Kier molecular flexibility index (Phi) is 6.03. The number of sulfonamides is 1. The van der Waals surface area contributed by atoms with Crippen LogP contribution in [0.3, 0.4) is 0 Å². The predicted molar refractivity (Wildman–Crippen MR) is 121 cm³/mol. The molecule has 11 heteroatoms. The molecule has 6 nitrogen and oxygen atoms in total. The van der Waals surface area contributed by atoms with Crippen molar-refractivity contribution in [1.82, 2.24) is 14.5 Å². The normalized spacial score (nSPS) is 23.9. The number of likely N-dealkylation sites (tertiary alicyclic amines) is 2. The summed E-state index contributed by atoms with van der Waals surface area (Å²) in [4.78, 5) is 15.4. The Balaban J connectivity index is 1.50. The van der Waals surface area contributed by atoms with Crippen LogP contribution in [0.2, 0.25) is 0 Å². The van der Waals surface area contributed by atoms with E-state index in [4.69, 9.17) is 0 Å². The van der Waals surface area contributed by atoms with Crippen molar-refractivity contribution in [3.8, 4) is 11.1 Å². The lowest BCUT2D eigenvalue weighted by atomic mass is 9.95. The molecule has 35 heavy (non-hydrogen) atoms. The van der Waals surface area contributed by atoms with E-state index in [9.17, 15) is 17.6 Å². The first-order valence-corrected chi connectivity index (χ1v) is 13.1. The molecule has 2 aromatic rings. The molecule has 0 aromatic heterocycles. The molecular formula is C24H25F4N3O3S. The Hall–Kier alpha value is -2.66. The van der Waals surface area contributed by atoms with Gasteiger partial charge in [0.1, 0.15) is 17.7 Å². The molecule has 1 aliphatic carbocycles. The van der Waals surface area contributed by atoms with Crippen molar-refractivity contribution in [3.63, 3.8) is 0 Å². The predicted octanol–water partition coefficient (Wildman–Crippen LogP) is 3.77. The van der Waals surface area contributed by atoms with Crippen molar-refractivity contribution in [1.29, 1.82) is 0 Å². The number of hydrogen-bond acceptors (Lipinski definition) is 3. The number of amides is 2. The van der Waals surface area contributed by atoms with Gasteiger partial charge in [0.15, 0.2) is 0 Å². The highest BCUT2D eigenvalue weighted by Gasteiger charge is 2.58. The molecule has 5 rings (SSSR count). The van der Waals surface area contributed by atoms with Gasteiger partial charge in [-0.1, -0.05) is 30.3 Å². The van der Waals surface area contributed by atoms with Gasteiger partial charge >= 0.3 is 6.03 Å². The Morgan fingerprint density at radius 1 is 1.09 bits per heavy atom. The summed E-state index contributed by atoms with van der Waals surface area (Å²) in [5.41, 5.74) is 0.398. The van der Waals surface area contributed by atoms with Gasteiger partial charge in [0.05, 0.1) is 17.8 Å². The molecule has 0 bridgehead atoms. The molecule has 2 heterocycles. The third kappa shape index (κ3) is 4.63. The Labute approximate surface area is 201 Å². The maximum Gasteiger partial charge on any atom is 0.320 e. The van der Waals surface area contributed by atoms with E-state index >= 15 is 13.2 Å². The van der Waals surface area contributed by atoms with Crippen LogP contribution in [0.15, 0.2) is 42.5 Å². The fraction of sp³-hybridized carbons (Fsp3) is 0.458. The second kappa shape index (κ2) is 8.77. The minimum atomic E-state index is -4.01. The molecule has 2 atom stereocenters. The van der Waals surface area contributed by atoms with Crippen molar-refractivity contribution >= 4 is 16.1 Å². The summed E-state index contributed by atoms with van der Waals surface area (Å²) in [7, 11) is -4.01. The van der Waals surface area contributed by atoms with Crippen LogP contribution in [0.5, 0.6) is 0 Å². The zero-order chi connectivity index (χ0) is 25.0. The number of halogens is 4. The number of benzene rings is 2. The maximum absolute atomic E-state index is 15.5. The fourth-order valence-electron chi connectivity index (χ4n) is 4.69. The number of rotatable bonds is 6. The van der Waals surface area contributed by atoms with Crippen LogP contribution in [0, 0.1) is 11.6 Å². The quantitative estimate of drug-likeness (QED) is 0.601. The van der Waals surface area contributed by atoms with E-state index in [1.165, 1.54) is 41.3 Å². The lowest BCUT2D eigenvalue weighted by Gasteiger charge is -2.37. The molecule has 1 N–H and O–H groups in total. The minimum absolute atomic E-state index is 0.0338. The Morgan fingerprint density at radius 3 is 2.43 bits per heavy atom. The molecule has 3 fully saturated rings. The first-order valence-electron chi connectivity index (χ1n) is 11.5. The van der Waals surface area contributed by atoms with Gasteiger partial charge in [-0.2, -0.15) is 0 Å². The highest BCUT2D eigenvalue weighted by molar-refractivity contribution is 7.90. The SMILES string of the molecule is O=C(N1CCC1)N1CC(F)(F)[C@H](NS(=O)(=O)C2CC2)[C@@H]1Cc1cccc(-c2cccc(F)c2)c1F. The van der Waals surface area contributed by atoms with Crippen LogP contribution in [-0.2, 0) is 16.4 Å². The van der Waals surface area contributed by atoms with Crippen LogP contribution in [-0.4, -0.2) is 67.1 Å². The van der Waals surface area contributed by atoms with Gasteiger partial charge in [-0.15, -0.1) is 0 Å². The summed E-state index contributed by atoms with van der Waals surface area (Å²) in [6, 6.07) is 5.93. The molecule has 2 amide bonds. The van der Waals surface area contributed by atoms with Crippen LogP contribution >= 0.6 is 0 Å². The number of hydrogen-bond donors (Lipinski definition) is 1. The highest BCUT2D eigenvalue weighted by Crippen LogP contribution is 2.38. The van der Waals surface area contributed by atoms with Crippen molar-refractivity contribution in [2.24, 2.45) is 0 Å². The molecule has 1 saturated carbocycles. The Morgan fingerprint density at radius 2 is 1.80 bits per heavy atom. The highest BCUT2D eigenvalue weighted by atomic mass is 32.2. The lowest BCUT2D eigenvalue weighted by Crippen LogP contribution is -2.55. The number of alkyl halides is 2.